The van der Waals surface area contributed by atoms with Crippen LogP contribution in [0.5, 0.6) is 5.75 Å². The fourth-order valence-corrected chi connectivity index (χ4v) is 2.83. The molecule has 4 rings (SSSR count). The summed E-state index contributed by atoms with van der Waals surface area (Å²) >= 11 is 0. The van der Waals surface area contributed by atoms with E-state index in [9.17, 15) is 4.79 Å². The summed E-state index contributed by atoms with van der Waals surface area (Å²) < 4.78 is 5.75. The van der Waals surface area contributed by atoms with Crippen molar-refractivity contribution >= 4 is 23.6 Å². The van der Waals surface area contributed by atoms with Crippen molar-refractivity contribution in [2.24, 2.45) is 4.99 Å². The van der Waals surface area contributed by atoms with Crippen LogP contribution < -0.4 is 15.4 Å². The molecule has 0 fully saturated rings. The lowest BCUT2D eigenvalue weighted by Gasteiger charge is -2.13. The topological polar surface area (TPSA) is 62.7 Å². The van der Waals surface area contributed by atoms with Gasteiger partial charge in [-0.25, -0.2) is 4.99 Å². The normalized spacial score (nSPS) is 12.0. The van der Waals surface area contributed by atoms with E-state index in [1.165, 1.54) is 0 Å². The third kappa shape index (κ3) is 4.15. The summed E-state index contributed by atoms with van der Waals surface area (Å²) in [4.78, 5) is 16.8. The van der Waals surface area contributed by atoms with Gasteiger partial charge in [0, 0.05) is 17.8 Å². The van der Waals surface area contributed by atoms with Crippen LogP contribution in [0.2, 0.25) is 0 Å². The number of carbonyl (C=O) groups excluding carboxylic acids is 1. The van der Waals surface area contributed by atoms with Crippen LogP contribution in [0.4, 0.5) is 11.4 Å². The lowest BCUT2D eigenvalue weighted by atomic mass is 10.1. The molecule has 1 amide bonds. The van der Waals surface area contributed by atoms with E-state index in [1.807, 2.05) is 48.5 Å². The molecule has 2 N–H and O–H groups in total. The Balaban J connectivity index is 1.38. The van der Waals surface area contributed by atoms with Gasteiger partial charge in [-0.05, 0) is 47.5 Å². The van der Waals surface area contributed by atoms with Crippen LogP contribution in [0.25, 0.3) is 0 Å². The first kappa shape index (κ1) is 16.8. The molecule has 0 saturated carbocycles. The standard InChI is InChI=1S/C22H19N3O2/c26-22(25-19-9-6-18-13-23-15-24-21(18)12-19)17-7-10-20(11-8-17)27-14-16-4-2-1-3-5-16/h1-12,15H,13-14H2,(H,23,24)(H,25,26). The molecular weight excluding hydrogens is 338 g/mol. The minimum atomic E-state index is -0.164. The largest absolute Gasteiger partial charge is 0.489 e. The van der Waals surface area contributed by atoms with Gasteiger partial charge in [0.15, 0.2) is 0 Å². The van der Waals surface area contributed by atoms with Crippen molar-refractivity contribution in [2.45, 2.75) is 13.2 Å². The second-order valence-corrected chi connectivity index (χ2v) is 6.24. The van der Waals surface area contributed by atoms with Crippen LogP contribution >= 0.6 is 0 Å². The van der Waals surface area contributed by atoms with Gasteiger partial charge in [-0.3, -0.25) is 4.79 Å². The third-order valence-corrected chi connectivity index (χ3v) is 4.30. The van der Waals surface area contributed by atoms with Gasteiger partial charge < -0.3 is 15.4 Å². The van der Waals surface area contributed by atoms with Gasteiger partial charge >= 0.3 is 0 Å². The molecule has 0 radical (unpaired) electrons. The summed E-state index contributed by atoms with van der Waals surface area (Å²) in [5.41, 5.74) is 4.38. The predicted molar refractivity (Wildman–Crippen MR) is 107 cm³/mol. The lowest BCUT2D eigenvalue weighted by Crippen LogP contribution is -2.15. The molecule has 0 saturated heterocycles. The highest BCUT2D eigenvalue weighted by molar-refractivity contribution is 6.04. The molecule has 0 spiro atoms. The van der Waals surface area contributed by atoms with Crippen molar-refractivity contribution in [3.63, 3.8) is 0 Å². The van der Waals surface area contributed by atoms with Crippen LogP contribution in [0, 0.1) is 0 Å². The minimum Gasteiger partial charge on any atom is -0.489 e. The van der Waals surface area contributed by atoms with Crippen LogP contribution in [-0.4, -0.2) is 12.2 Å². The van der Waals surface area contributed by atoms with E-state index in [4.69, 9.17) is 4.74 Å². The number of nitrogens with zero attached hydrogens (tertiary/aromatic N) is 1. The number of hydrogen-bond acceptors (Lipinski definition) is 4. The molecule has 1 aliphatic rings. The molecule has 0 bridgehead atoms. The molecular formula is C22H19N3O2. The Labute approximate surface area is 157 Å². The minimum absolute atomic E-state index is 0.164. The maximum atomic E-state index is 12.5. The van der Waals surface area contributed by atoms with E-state index in [0.29, 0.717) is 12.2 Å². The zero-order chi connectivity index (χ0) is 18.5. The second kappa shape index (κ2) is 7.74. The predicted octanol–water partition coefficient (Wildman–Crippen LogP) is 4.28. The quantitative estimate of drug-likeness (QED) is 0.716. The monoisotopic (exact) mass is 357 g/mol. The molecule has 27 heavy (non-hydrogen) atoms. The molecule has 3 aromatic rings. The number of nitrogens with one attached hydrogen (secondary N) is 2. The Kier molecular flexibility index (Phi) is 4.83. The fourth-order valence-electron chi connectivity index (χ4n) is 2.83. The average Bonchev–Trinajstić information content (AvgIpc) is 2.73. The summed E-state index contributed by atoms with van der Waals surface area (Å²) in [6, 6.07) is 22.8. The van der Waals surface area contributed by atoms with Gasteiger partial charge in [0.1, 0.15) is 12.4 Å². The van der Waals surface area contributed by atoms with E-state index in [1.54, 1.807) is 30.6 Å². The van der Waals surface area contributed by atoms with Gasteiger partial charge in [-0.1, -0.05) is 36.4 Å². The van der Waals surface area contributed by atoms with E-state index >= 15 is 0 Å². The number of carbonyl (C=O) groups is 1. The van der Waals surface area contributed by atoms with Gasteiger partial charge in [0.05, 0.1) is 12.0 Å². The van der Waals surface area contributed by atoms with Crippen molar-refractivity contribution in [2.75, 3.05) is 5.32 Å². The number of ether oxygens (including phenoxy) is 1. The van der Waals surface area contributed by atoms with Crippen molar-refractivity contribution in [3.05, 3.63) is 89.5 Å². The van der Waals surface area contributed by atoms with Crippen molar-refractivity contribution in [1.82, 2.24) is 5.32 Å². The summed E-state index contributed by atoms with van der Waals surface area (Å²) in [5, 5.41) is 5.97. The van der Waals surface area contributed by atoms with E-state index in [0.717, 1.165) is 34.8 Å². The molecule has 134 valence electrons. The first-order valence-electron chi connectivity index (χ1n) is 8.75. The van der Waals surface area contributed by atoms with E-state index in [-0.39, 0.29) is 5.91 Å². The van der Waals surface area contributed by atoms with Crippen molar-refractivity contribution in [1.29, 1.82) is 0 Å². The van der Waals surface area contributed by atoms with Gasteiger partial charge in [0.2, 0.25) is 0 Å². The zero-order valence-electron chi connectivity index (χ0n) is 14.7. The summed E-state index contributed by atoms with van der Waals surface area (Å²) in [6.07, 6.45) is 1.67. The molecule has 0 aromatic heterocycles. The Morgan fingerprint density at radius 1 is 1.04 bits per heavy atom. The summed E-state index contributed by atoms with van der Waals surface area (Å²) in [6.45, 7) is 1.24. The third-order valence-electron chi connectivity index (χ3n) is 4.30. The highest BCUT2D eigenvalue weighted by atomic mass is 16.5. The highest BCUT2D eigenvalue weighted by Crippen LogP contribution is 2.25. The molecule has 5 nitrogen and oxygen atoms in total. The highest BCUT2D eigenvalue weighted by Gasteiger charge is 2.10. The smallest absolute Gasteiger partial charge is 0.255 e. The molecule has 1 aliphatic heterocycles. The number of hydrogen-bond donors (Lipinski definition) is 2. The average molecular weight is 357 g/mol. The molecule has 0 unspecified atom stereocenters. The summed E-state index contributed by atoms with van der Waals surface area (Å²) in [7, 11) is 0. The number of benzene rings is 3. The van der Waals surface area contributed by atoms with Crippen LogP contribution in [-0.2, 0) is 13.2 Å². The maximum absolute atomic E-state index is 12.5. The second-order valence-electron chi connectivity index (χ2n) is 6.24. The lowest BCUT2D eigenvalue weighted by molar-refractivity contribution is 0.102. The zero-order valence-corrected chi connectivity index (χ0v) is 14.7. The first-order valence-corrected chi connectivity index (χ1v) is 8.75. The molecule has 5 heteroatoms. The molecule has 0 atom stereocenters. The SMILES string of the molecule is O=C(Nc1ccc2c(c1)N=CNC2)c1ccc(OCc2ccccc2)cc1. The number of amides is 1. The van der Waals surface area contributed by atoms with Crippen molar-refractivity contribution in [3.8, 4) is 5.75 Å². The van der Waals surface area contributed by atoms with Crippen molar-refractivity contribution < 1.29 is 9.53 Å². The van der Waals surface area contributed by atoms with Gasteiger partial charge in [-0.15, -0.1) is 0 Å². The number of rotatable bonds is 5. The Bertz CT molecular complexity index is 967. The molecule has 0 aliphatic carbocycles. The number of aliphatic imine (C=N–C) groups is 1. The summed E-state index contributed by atoms with van der Waals surface area (Å²) in [5.74, 6) is 0.563. The van der Waals surface area contributed by atoms with Crippen LogP contribution in [0.15, 0.2) is 77.8 Å². The van der Waals surface area contributed by atoms with Gasteiger partial charge in [0.25, 0.3) is 5.91 Å². The number of anilines is 1. The molecule has 1 heterocycles. The van der Waals surface area contributed by atoms with Crippen LogP contribution in [0.1, 0.15) is 21.5 Å². The maximum Gasteiger partial charge on any atom is 0.255 e. The Morgan fingerprint density at radius 2 is 1.85 bits per heavy atom. The fraction of sp³-hybridized carbons (Fsp3) is 0.0909. The van der Waals surface area contributed by atoms with E-state index < -0.39 is 0 Å². The number of fused-ring (bicyclic) bond motifs is 1. The Morgan fingerprint density at radius 3 is 2.67 bits per heavy atom. The van der Waals surface area contributed by atoms with Crippen LogP contribution in [0.3, 0.4) is 0 Å². The Hall–Kier alpha value is -3.60. The molecule has 3 aromatic carbocycles. The van der Waals surface area contributed by atoms with E-state index in [2.05, 4.69) is 15.6 Å². The van der Waals surface area contributed by atoms with Gasteiger partial charge in [-0.2, -0.15) is 0 Å². The first-order chi connectivity index (χ1) is 13.3.